The van der Waals surface area contributed by atoms with E-state index < -0.39 is 24.0 Å². The van der Waals surface area contributed by atoms with Crippen molar-refractivity contribution in [3.8, 4) is 0 Å². The van der Waals surface area contributed by atoms with E-state index in [-0.39, 0.29) is 23.0 Å². The molecular formula is C16H16F4N2O. The summed E-state index contributed by atoms with van der Waals surface area (Å²) in [4.78, 5) is 15.7. The molecule has 1 aliphatic heterocycles. The molecular weight excluding hydrogens is 312 g/mol. The van der Waals surface area contributed by atoms with Crippen LogP contribution in [0.2, 0.25) is 0 Å². The molecule has 1 aliphatic rings. The summed E-state index contributed by atoms with van der Waals surface area (Å²) < 4.78 is 52.8. The van der Waals surface area contributed by atoms with Crippen molar-refractivity contribution in [1.82, 2.24) is 4.98 Å². The second kappa shape index (κ2) is 5.54. The number of anilines is 1. The predicted molar refractivity (Wildman–Crippen MR) is 80.5 cm³/mol. The second-order valence-electron chi connectivity index (χ2n) is 5.92. The van der Waals surface area contributed by atoms with Crippen LogP contribution in [0, 0.1) is 0 Å². The Labute approximate surface area is 129 Å². The van der Waals surface area contributed by atoms with E-state index in [9.17, 15) is 22.4 Å². The molecule has 1 fully saturated rings. The largest absolute Gasteiger partial charge is 0.417 e. The average molecular weight is 328 g/mol. The third kappa shape index (κ3) is 2.80. The van der Waals surface area contributed by atoms with Gasteiger partial charge in [-0.3, -0.25) is 4.79 Å². The van der Waals surface area contributed by atoms with Gasteiger partial charge < -0.3 is 9.88 Å². The van der Waals surface area contributed by atoms with Crippen LogP contribution in [0.4, 0.5) is 23.2 Å². The number of fused-ring (bicyclic) bond motifs is 1. The van der Waals surface area contributed by atoms with Gasteiger partial charge in [-0.1, -0.05) is 0 Å². The van der Waals surface area contributed by atoms with E-state index in [1.807, 2.05) is 11.8 Å². The highest BCUT2D eigenvalue weighted by atomic mass is 19.4. The third-order valence-electron chi connectivity index (χ3n) is 4.39. The van der Waals surface area contributed by atoms with Gasteiger partial charge in [-0.15, -0.1) is 0 Å². The molecule has 2 aromatic rings. The molecule has 2 atom stereocenters. The minimum atomic E-state index is -4.62. The summed E-state index contributed by atoms with van der Waals surface area (Å²) in [5, 5.41) is -0.0775. The van der Waals surface area contributed by atoms with E-state index in [4.69, 9.17) is 0 Å². The van der Waals surface area contributed by atoms with Gasteiger partial charge in [0.25, 0.3) is 0 Å². The summed E-state index contributed by atoms with van der Waals surface area (Å²) in [5.74, 6) is 0. The topological polar surface area (TPSA) is 36.1 Å². The fourth-order valence-electron chi connectivity index (χ4n) is 3.33. The number of rotatable bonds is 2. The summed E-state index contributed by atoms with van der Waals surface area (Å²) in [6.07, 6.45) is -3.15. The van der Waals surface area contributed by atoms with Gasteiger partial charge in [0.1, 0.15) is 6.67 Å². The fourth-order valence-corrected chi connectivity index (χ4v) is 3.33. The molecule has 0 amide bonds. The number of H-pyrrole nitrogens is 1. The van der Waals surface area contributed by atoms with Crippen LogP contribution in [-0.2, 0) is 6.18 Å². The van der Waals surface area contributed by atoms with E-state index in [2.05, 4.69) is 4.98 Å². The van der Waals surface area contributed by atoms with E-state index in [0.29, 0.717) is 18.2 Å². The molecule has 1 N–H and O–H groups in total. The number of hydrogen-bond donors (Lipinski definition) is 1. The molecule has 23 heavy (non-hydrogen) atoms. The monoisotopic (exact) mass is 328 g/mol. The highest BCUT2D eigenvalue weighted by Gasteiger charge is 2.35. The molecule has 0 spiro atoms. The van der Waals surface area contributed by atoms with Crippen molar-refractivity contribution in [1.29, 1.82) is 0 Å². The average Bonchev–Trinajstić information content (AvgIpc) is 2.86. The SMILES string of the molecule is C[C@@H]1CC[C@H](CF)N1c1ccc2[nH]c(=O)cc(C(F)(F)F)c2c1. The van der Waals surface area contributed by atoms with Gasteiger partial charge in [-0.25, -0.2) is 4.39 Å². The summed E-state index contributed by atoms with van der Waals surface area (Å²) >= 11 is 0. The zero-order valence-corrected chi connectivity index (χ0v) is 12.5. The minimum Gasteiger partial charge on any atom is -0.363 e. The summed E-state index contributed by atoms with van der Waals surface area (Å²) in [6.45, 7) is 1.39. The highest BCUT2D eigenvalue weighted by Crippen LogP contribution is 2.37. The molecule has 0 saturated carbocycles. The Morgan fingerprint density at radius 1 is 1.26 bits per heavy atom. The van der Waals surface area contributed by atoms with Crippen molar-refractivity contribution in [3.05, 3.63) is 40.2 Å². The van der Waals surface area contributed by atoms with E-state index in [1.54, 1.807) is 6.07 Å². The predicted octanol–water partition coefficient (Wildman–Crippen LogP) is 3.87. The normalized spacial score (nSPS) is 22.0. The summed E-state index contributed by atoms with van der Waals surface area (Å²) in [7, 11) is 0. The van der Waals surface area contributed by atoms with Crippen LogP contribution in [0.15, 0.2) is 29.1 Å². The summed E-state index contributed by atoms with van der Waals surface area (Å²) in [5.41, 5.74) is -1.10. The molecule has 3 nitrogen and oxygen atoms in total. The minimum absolute atomic E-state index is 0.0605. The van der Waals surface area contributed by atoms with Gasteiger partial charge in [-0.05, 0) is 38.0 Å². The van der Waals surface area contributed by atoms with Crippen molar-refractivity contribution in [2.24, 2.45) is 0 Å². The molecule has 0 aliphatic carbocycles. The molecule has 0 bridgehead atoms. The van der Waals surface area contributed by atoms with Gasteiger partial charge in [0, 0.05) is 28.7 Å². The number of nitrogens with zero attached hydrogens (tertiary/aromatic N) is 1. The molecule has 1 aromatic carbocycles. The van der Waals surface area contributed by atoms with Crippen LogP contribution in [0.5, 0.6) is 0 Å². The lowest BCUT2D eigenvalue weighted by atomic mass is 10.1. The number of aromatic nitrogens is 1. The molecule has 7 heteroatoms. The lowest BCUT2D eigenvalue weighted by Crippen LogP contribution is -2.35. The number of alkyl halides is 4. The molecule has 2 heterocycles. The maximum atomic E-state index is 13.2. The van der Waals surface area contributed by atoms with Gasteiger partial charge in [0.15, 0.2) is 0 Å². The van der Waals surface area contributed by atoms with Crippen molar-refractivity contribution in [2.45, 2.75) is 38.0 Å². The third-order valence-corrected chi connectivity index (χ3v) is 4.39. The molecule has 0 radical (unpaired) electrons. The summed E-state index contributed by atoms with van der Waals surface area (Å²) in [6, 6.07) is 4.76. The number of benzene rings is 1. The Kier molecular flexibility index (Phi) is 3.82. The zero-order valence-electron chi connectivity index (χ0n) is 12.5. The Hall–Kier alpha value is -2.05. The van der Waals surface area contributed by atoms with Crippen LogP contribution < -0.4 is 10.5 Å². The van der Waals surface area contributed by atoms with Gasteiger partial charge >= 0.3 is 6.18 Å². The Balaban J connectivity index is 2.18. The Morgan fingerprint density at radius 3 is 2.65 bits per heavy atom. The fraction of sp³-hybridized carbons (Fsp3) is 0.438. The first-order chi connectivity index (χ1) is 10.8. The number of nitrogens with one attached hydrogen (secondary N) is 1. The number of halogens is 4. The molecule has 1 aromatic heterocycles. The van der Waals surface area contributed by atoms with Crippen molar-refractivity contribution in [2.75, 3.05) is 11.6 Å². The molecule has 1 saturated heterocycles. The standard InChI is InChI=1S/C16H16F4N2O/c1-9-2-3-11(8-17)22(9)10-4-5-14-12(6-10)13(16(18,19)20)7-15(23)21-14/h4-7,9,11H,2-3,8H2,1H3,(H,21,23)/t9-,11-/m1/s1. The first-order valence-corrected chi connectivity index (χ1v) is 7.40. The lowest BCUT2D eigenvalue weighted by Gasteiger charge is -2.29. The molecule has 124 valence electrons. The quantitative estimate of drug-likeness (QED) is 0.850. The van der Waals surface area contributed by atoms with Crippen LogP contribution in [0.1, 0.15) is 25.3 Å². The first kappa shape index (κ1) is 15.8. The molecule has 0 unspecified atom stereocenters. The van der Waals surface area contributed by atoms with Crippen molar-refractivity contribution in [3.63, 3.8) is 0 Å². The van der Waals surface area contributed by atoms with Gasteiger partial charge in [0.05, 0.1) is 11.6 Å². The van der Waals surface area contributed by atoms with Gasteiger partial charge in [0.2, 0.25) is 5.56 Å². The van der Waals surface area contributed by atoms with E-state index in [1.165, 1.54) is 12.1 Å². The maximum absolute atomic E-state index is 13.2. The highest BCUT2D eigenvalue weighted by molar-refractivity contribution is 5.86. The van der Waals surface area contributed by atoms with Crippen molar-refractivity contribution >= 4 is 16.6 Å². The Bertz CT molecular complexity index is 784. The second-order valence-corrected chi connectivity index (χ2v) is 5.92. The van der Waals surface area contributed by atoms with E-state index in [0.717, 1.165) is 6.42 Å². The smallest absolute Gasteiger partial charge is 0.363 e. The first-order valence-electron chi connectivity index (χ1n) is 7.40. The number of hydrogen-bond acceptors (Lipinski definition) is 2. The van der Waals surface area contributed by atoms with Crippen LogP contribution in [0.25, 0.3) is 10.9 Å². The van der Waals surface area contributed by atoms with Crippen molar-refractivity contribution < 1.29 is 17.6 Å². The van der Waals surface area contributed by atoms with Crippen LogP contribution >= 0.6 is 0 Å². The molecule has 3 rings (SSSR count). The van der Waals surface area contributed by atoms with Gasteiger partial charge in [-0.2, -0.15) is 13.2 Å². The Morgan fingerprint density at radius 2 is 2.00 bits per heavy atom. The maximum Gasteiger partial charge on any atom is 0.417 e. The number of aromatic amines is 1. The lowest BCUT2D eigenvalue weighted by molar-refractivity contribution is -0.136. The van der Waals surface area contributed by atoms with Crippen LogP contribution in [-0.4, -0.2) is 23.7 Å². The number of pyridine rings is 1. The van der Waals surface area contributed by atoms with E-state index >= 15 is 0 Å². The zero-order chi connectivity index (χ0) is 16.8. The van der Waals surface area contributed by atoms with Crippen LogP contribution in [0.3, 0.4) is 0 Å².